The van der Waals surface area contributed by atoms with E-state index in [-0.39, 0.29) is 21.7 Å². The Kier molecular flexibility index (Phi) is 5.95. The van der Waals surface area contributed by atoms with Crippen LogP contribution in [-0.2, 0) is 23.2 Å². The number of fused-ring (bicyclic) bond motifs is 2. The number of aromatic nitrogens is 3. The van der Waals surface area contributed by atoms with Crippen molar-refractivity contribution in [2.45, 2.75) is 11.1 Å². The molecule has 1 N–H and O–H groups in total. The molecule has 0 spiro atoms. The van der Waals surface area contributed by atoms with Crippen LogP contribution in [-0.4, -0.2) is 27.8 Å². The quantitative estimate of drug-likeness (QED) is 0.360. The minimum Gasteiger partial charge on any atom is -0.292 e. The zero-order valence-corrected chi connectivity index (χ0v) is 20.8. The molecule has 0 unspecified atom stereocenters. The summed E-state index contributed by atoms with van der Waals surface area (Å²) in [6.07, 6.45) is -4.92. The average Bonchev–Trinajstić information content (AvgIpc) is 3.29. The van der Waals surface area contributed by atoms with Crippen molar-refractivity contribution < 1.29 is 26.4 Å². The second-order valence-electron chi connectivity index (χ2n) is 8.20. The van der Waals surface area contributed by atoms with E-state index in [4.69, 9.17) is 0 Å². The highest BCUT2D eigenvalue weighted by molar-refractivity contribution is 7.90. The molecule has 2 aromatic heterocycles. The summed E-state index contributed by atoms with van der Waals surface area (Å²) < 4.78 is 72.5. The van der Waals surface area contributed by atoms with E-state index in [9.17, 15) is 36.0 Å². The maximum atomic E-state index is 13.2. The fourth-order valence-electron chi connectivity index (χ4n) is 3.93. The number of rotatable bonds is 4. The van der Waals surface area contributed by atoms with Crippen LogP contribution in [0.1, 0.15) is 16.2 Å². The van der Waals surface area contributed by atoms with Gasteiger partial charge in [-0.2, -0.15) is 17.5 Å². The molecule has 194 valence electrons. The van der Waals surface area contributed by atoms with Gasteiger partial charge in [-0.15, -0.1) is 0 Å². The molecule has 0 aliphatic rings. The molecule has 14 heteroatoms. The van der Waals surface area contributed by atoms with Gasteiger partial charge < -0.3 is 0 Å². The number of nitrogens with zero attached hydrogens (tertiary/aromatic N) is 3. The van der Waals surface area contributed by atoms with Crippen molar-refractivity contribution in [3.8, 4) is 5.69 Å². The summed E-state index contributed by atoms with van der Waals surface area (Å²) in [5.41, 5.74) is -4.32. The monoisotopic (exact) mass is 560 g/mol. The molecule has 38 heavy (non-hydrogen) atoms. The molecule has 2 heterocycles. The molecule has 0 bridgehead atoms. The predicted octanol–water partition coefficient (Wildman–Crippen LogP) is 3.44. The zero-order chi connectivity index (χ0) is 27.4. The van der Waals surface area contributed by atoms with Crippen LogP contribution in [0.4, 0.5) is 13.2 Å². The van der Waals surface area contributed by atoms with Crippen LogP contribution in [0.15, 0.2) is 81.2 Å². The first-order valence-corrected chi connectivity index (χ1v) is 13.0. The number of alkyl halides is 3. The molecule has 0 fully saturated rings. The van der Waals surface area contributed by atoms with Gasteiger partial charge in [-0.3, -0.25) is 14.2 Å². The molecule has 3 aromatic carbocycles. The summed E-state index contributed by atoms with van der Waals surface area (Å²) in [7, 11) is -3.42. The molecule has 0 aliphatic heterocycles. The third kappa shape index (κ3) is 4.37. The molecular weight excluding hydrogens is 545 g/mol. The van der Waals surface area contributed by atoms with Crippen LogP contribution < -0.4 is 16.0 Å². The van der Waals surface area contributed by atoms with Crippen molar-refractivity contribution >= 4 is 48.3 Å². The molecule has 0 radical (unpaired) electrons. The van der Waals surface area contributed by atoms with Crippen LogP contribution in [0.3, 0.4) is 0 Å². The average molecular weight is 561 g/mol. The van der Waals surface area contributed by atoms with E-state index in [0.717, 1.165) is 24.0 Å². The van der Waals surface area contributed by atoms with Crippen LogP contribution in [0.25, 0.3) is 26.5 Å². The van der Waals surface area contributed by atoms with Gasteiger partial charge in [0.1, 0.15) is 5.69 Å². The lowest BCUT2D eigenvalue weighted by Crippen LogP contribution is -2.40. The minimum atomic E-state index is -4.92. The van der Waals surface area contributed by atoms with Gasteiger partial charge in [0.15, 0.2) is 5.69 Å². The first kappa shape index (κ1) is 25.4. The summed E-state index contributed by atoms with van der Waals surface area (Å²) in [6, 6.07) is 15.7. The Labute approximate surface area is 215 Å². The maximum Gasteiger partial charge on any atom is 0.431 e. The number of sulfonamides is 1. The minimum absolute atomic E-state index is 0.104. The maximum absolute atomic E-state index is 13.2. The number of hydrogen-bond acceptors (Lipinski definition) is 7. The van der Waals surface area contributed by atoms with E-state index in [0.29, 0.717) is 25.3 Å². The molecule has 5 aromatic rings. The molecule has 9 nitrogen and oxygen atoms in total. The molecule has 0 atom stereocenters. The van der Waals surface area contributed by atoms with Crippen LogP contribution in [0, 0.1) is 0 Å². The van der Waals surface area contributed by atoms with E-state index in [1.807, 2.05) is 4.72 Å². The van der Waals surface area contributed by atoms with Gasteiger partial charge in [0.05, 0.1) is 15.3 Å². The topological polar surface area (TPSA) is 120 Å². The van der Waals surface area contributed by atoms with Crippen molar-refractivity contribution in [2.75, 3.05) is 0 Å². The summed E-state index contributed by atoms with van der Waals surface area (Å²) in [5.74, 6) is -1.06. The fourth-order valence-corrected chi connectivity index (χ4v) is 5.67. The number of hydrogen-bond donors (Lipinski definition) is 1. The van der Waals surface area contributed by atoms with Gasteiger partial charge in [0.2, 0.25) is 0 Å². The first-order valence-electron chi connectivity index (χ1n) is 10.7. The zero-order valence-electron chi connectivity index (χ0n) is 19.2. The number of nitrogens with one attached hydrogen (secondary N) is 1. The van der Waals surface area contributed by atoms with Crippen molar-refractivity contribution in [3.63, 3.8) is 0 Å². The molecule has 0 saturated heterocycles. The molecule has 0 aliphatic carbocycles. The second kappa shape index (κ2) is 8.92. The van der Waals surface area contributed by atoms with Crippen molar-refractivity contribution in [1.29, 1.82) is 0 Å². The Morgan fingerprint density at radius 3 is 2.39 bits per heavy atom. The van der Waals surface area contributed by atoms with Gasteiger partial charge in [-0.25, -0.2) is 22.5 Å². The van der Waals surface area contributed by atoms with E-state index < -0.39 is 39.0 Å². The smallest absolute Gasteiger partial charge is 0.292 e. The van der Waals surface area contributed by atoms with Crippen LogP contribution in [0.5, 0.6) is 0 Å². The Bertz CT molecular complexity index is 1990. The highest BCUT2D eigenvalue weighted by Gasteiger charge is 2.35. The number of carbonyl (C=O) groups is 1. The Hall–Kier alpha value is -4.30. The molecule has 1 amide bonds. The lowest BCUT2D eigenvalue weighted by molar-refractivity contribution is -0.144. The summed E-state index contributed by atoms with van der Waals surface area (Å²) in [6.45, 7) is 0. The van der Waals surface area contributed by atoms with Gasteiger partial charge in [0.25, 0.3) is 21.5 Å². The van der Waals surface area contributed by atoms with Crippen molar-refractivity contribution in [3.05, 3.63) is 99.0 Å². The Morgan fingerprint density at radius 1 is 0.974 bits per heavy atom. The van der Waals surface area contributed by atoms with Crippen LogP contribution >= 0.6 is 11.5 Å². The Balaban J connectivity index is 1.54. The third-order valence-corrected chi connectivity index (χ3v) is 7.95. The second-order valence-corrected chi connectivity index (χ2v) is 10.7. The SMILES string of the molecule is Cn1c(C(F)(F)F)cc(=O)n(-c2ccc3snc(C(=O)NS(=O)(=O)c4ccc5ccccc5c4)c3c2)c1=O. The van der Waals surface area contributed by atoms with Gasteiger partial charge >= 0.3 is 11.9 Å². The van der Waals surface area contributed by atoms with Crippen LogP contribution in [0.2, 0.25) is 0 Å². The van der Waals surface area contributed by atoms with E-state index in [1.54, 1.807) is 30.3 Å². The highest BCUT2D eigenvalue weighted by atomic mass is 32.2. The number of amides is 1. The van der Waals surface area contributed by atoms with Gasteiger partial charge in [-0.05, 0) is 52.6 Å². The number of carbonyl (C=O) groups excluding carboxylic acids is 1. The molecule has 0 saturated carbocycles. The van der Waals surface area contributed by atoms with Gasteiger partial charge in [0, 0.05) is 18.5 Å². The van der Waals surface area contributed by atoms with Crippen molar-refractivity contribution in [1.82, 2.24) is 18.2 Å². The van der Waals surface area contributed by atoms with E-state index >= 15 is 0 Å². The van der Waals surface area contributed by atoms with E-state index in [1.165, 1.54) is 30.3 Å². The standard InChI is InChI=1S/C24H15F3N4O5S2/c1-30-19(24(25,26)27)12-20(32)31(23(30)34)15-7-9-18-17(11-15)21(28-37-18)22(33)29-38(35,36)16-8-6-13-4-2-3-5-14(13)10-16/h2-12H,1H3,(H,29,33). The summed E-state index contributed by atoms with van der Waals surface area (Å²) in [5, 5.41) is 1.56. The highest BCUT2D eigenvalue weighted by Crippen LogP contribution is 2.28. The largest absolute Gasteiger partial charge is 0.431 e. The molecular formula is C24H15F3N4O5S2. The molecule has 5 rings (SSSR count). The lowest BCUT2D eigenvalue weighted by Gasteiger charge is -2.14. The number of benzene rings is 3. The fraction of sp³-hybridized carbons (Fsp3) is 0.0833. The third-order valence-electron chi connectivity index (χ3n) is 5.80. The number of halogens is 3. The first-order chi connectivity index (χ1) is 17.9. The normalized spacial score (nSPS) is 12.2. The summed E-state index contributed by atoms with van der Waals surface area (Å²) >= 11 is 0.862. The van der Waals surface area contributed by atoms with E-state index in [2.05, 4.69) is 4.37 Å². The van der Waals surface area contributed by atoms with Crippen molar-refractivity contribution in [2.24, 2.45) is 7.05 Å². The predicted molar refractivity (Wildman–Crippen MR) is 134 cm³/mol. The Morgan fingerprint density at radius 2 is 1.68 bits per heavy atom. The van der Waals surface area contributed by atoms with Gasteiger partial charge in [-0.1, -0.05) is 30.3 Å². The lowest BCUT2D eigenvalue weighted by atomic mass is 10.1. The summed E-state index contributed by atoms with van der Waals surface area (Å²) in [4.78, 5) is 37.9.